The third-order valence-electron chi connectivity index (χ3n) is 8.87. The number of amides is 2. The first-order valence-electron chi connectivity index (χ1n) is 14.2. The van der Waals surface area contributed by atoms with Crippen LogP contribution in [0.3, 0.4) is 0 Å². The number of ether oxygens (including phenoxy) is 1. The third kappa shape index (κ3) is 5.05. The molecule has 0 radical (unpaired) electrons. The minimum absolute atomic E-state index is 0.0169. The number of piperazine rings is 1. The van der Waals surface area contributed by atoms with E-state index in [1.54, 1.807) is 28.0 Å². The summed E-state index contributed by atoms with van der Waals surface area (Å²) >= 11 is 6.88. The Morgan fingerprint density at radius 2 is 1.88 bits per heavy atom. The van der Waals surface area contributed by atoms with Crippen LogP contribution in [0.25, 0.3) is 11.3 Å². The summed E-state index contributed by atoms with van der Waals surface area (Å²) in [7, 11) is 0. The molecule has 3 fully saturated rings. The zero-order valence-electron chi connectivity index (χ0n) is 23.1. The molecular formula is C30H34ClF2N5O3. The predicted octanol–water partition coefficient (Wildman–Crippen LogP) is 4.17. The number of aromatic nitrogens is 1. The fourth-order valence-corrected chi connectivity index (χ4v) is 6.90. The summed E-state index contributed by atoms with van der Waals surface area (Å²) < 4.78 is 35.2. The van der Waals surface area contributed by atoms with Crippen molar-refractivity contribution in [1.82, 2.24) is 19.7 Å². The molecule has 6 rings (SSSR count). The van der Waals surface area contributed by atoms with Gasteiger partial charge in [-0.05, 0) is 44.4 Å². The van der Waals surface area contributed by atoms with Gasteiger partial charge in [0.1, 0.15) is 35.0 Å². The van der Waals surface area contributed by atoms with Gasteiger partial charge in [0.05, 0.1) is 11.7 Å². The van der Waals surface area contributed by atoms with Crippen molar-refractivity contribution in [2.75, 3.05) is 50.8 Å². The van der Waals surface area contributed by atoms with E-state index in [-0.39, 0.29) is 64.1 Å². The van der Waals surface area contributed by atoms with E-state index in [1.165, 1.54) is 12.1 Å². The SMILES string of the molecule is C=CC(=O)N1CCN2C(=O)c3c(N4CC(N5CCC(F)CC5)C[C@@H]4C)nc(-c4ccccc4F)c(Cl)c3OCC2C1. The molecule has 0 bridgehead atoms. The van der Waals surface area contributed by atoms with Crippen LogP contribution >= 0.6 is 11.6 Å². The number of halogens is 3. The van der Waals surface area contributed by atoms with Gasteiger partial charge in [0.15, 0.2) is 5.75 Å². The first kappa shape index (κ1) is 27.9. The molecule has 8 nitrogen and oxygen atoms in total. The number of pyridine rings is 1. The van der Waals surface area contributed by atoms with Crippen LogP contribution in [0.5, 0.6) is 5.75 Å². The Hall–Kier alpha value is -3.24. The van der Waals surface area contributed by atoms with Gasteiger partial charge >= 0.3 is 0 Å². The molecule has 3 atom stereocenters. The summed E-state index contributed by atoms with van der Waals surface area (Å²) in [6.45, 7) is 8.76. The highest BCUT2D eigenvalue weighted by atomic mass is 35.5. The van der Waals surface area contributed by atoms with Crippen molar-refractivity contribution >= 4 is 29.2 Å². The van der Waals surface area contributed by atoms with E-state index >= 15 is 4.39 Å². The van der Waals surface area contributed by atoms with Crippen molar-refractivity contribution in [3.8, 4) is 17.0 Å². The highest BCUT2D eigenvalue weighted by Gasteiger charge is 2.43. The molecule has 218 valence electrons. The standard InChI is InChI=1S/C30H34ClF2N5O3/c1-3-24(39)36-12-13-37-21(15-36)17-41-28-25(30(37)40)29(34-27(26(28)31)22-6-4-5-7-23(22)33)38-16-20(14-18(38)2)35-10-8-19(32)9-11-35/h3-7,18-21H,1,8-17H2,2H3/t18-,20?,21?/m0/s1. The molecule has 11 heteroatoms. The van der Waals surface area contributed by atoms with E-state index < -0.39 is 12.0 Å². The van der Waals surface area contributed by atoms with Crippen molar-refractivity contribution in [1.29, 1.82) is 0 Å². The second kappa shape index (κ2) is 11.2. The first-order chi connectivity index (χ1) is 19.8. The number of fused-ring (bicyclic) bond motifs is 2. The van der Waals surface area contributed by atoms with Crippen LogP contribution in [-0.4, -0.2) is 102 Å². The molecule has 2 aromatic rings. The van der Waals surface area contributed by atoms with E-state index in [1.807, 2.05) is 0 Å². The van der Waals surface area contributed by atoms with Gasteiger partial charge in [-0.2, -0.15) is 0 Å². The van der Waals surface area contributed by atoms with Gasteiger partial charge in [-0.15, -0.1) is 0 Å². The number of alkyl halides is 1. The van der Waals surface area contributed by atoms with Gasteiger partial charge < -0.3 is 19.4 Å². The van der Waals surface area contributed by atoms with E-state index in [0.29, 0.717) is 57.9 Å². The summed E-state index contributed by atoms with van der Waals surface area (Å²) in [5, 5.41) is 0.0782. The average Bonchev–Trinajstić information content (AvgIpc) is 3.30. The number of carbonyl (C=O) groups excluding carboxylic acids is 2. The van der Waals surface area contributed by atoms with E-state index in [9.17, 15) is 14.0 Å². The molecule has 2 amide bonds. The summed E-state index contributed by atoms with van der Waals surface area (Å²) in [6, 6.07) is 6.06. The zero-order valence-corrected chi connectivity index (χ0v) is 23.8. The van der Waals surface area contributed by atoms with Crippen LogP contribution in [-0.2, 0) is 4.79 Å². The van der Waals surface area contributed by atoms with Crippen LogP contribution < -0.4 is 9.64 Å². The summed E-state index contributed by atoms with van der Waals surface area (Å²) in [5.41, 5.74) is 0.690. The van der Waals surface area contributed by atoms with Crippen LogP contribution in [0.1, 0.15) is 36.5 Å². The Morgan fingerprint density at radius 1 is 1.12 bits per heavy atom. The van der Waals surface area contributed by atoms with Gasteiger partial charge in [-0.3, -0.25) is 14.5 Å². The van der Waals surface area contributed by atoms with E-state index in [4.69, 9.17) is 21.3 Å². The molecule has 0 spiro atoms. The number of hydrogen-bond donors (Lipinski definition) is 0. The lowest BCUT2D eigenvalue weighted by Gasteiger charge is -2.39. The highest BCUT2D eigenvalue weighted by molar-refractivity contribution is 6.35. The number of carbonyl (C=O) groups is 2. The Morgan fingerprint density at radius 3 is 2.61 bits per heavy atom. The molecule has 2 unspecified atom stereocenters. The molecule has 1 aromatic heterocycles. The second-order valence-electron chi connectivity index (χ2n) is 11.3. The molecule has 4 aliphatic heterocycles. The summed E-state index contributed by atoms with van der Waals surface area (Å²) in [4.78, 5) is 39.3. The Labute approximate surface area is 243 Å². The largest absolute Gasteiger partial charge is 0.489 e. The monoisotopic (exact) mass is 585 g/mol. The lowest BCUT2D eigenvalue weighted by Crippen LogP contribution is -2.57. The molecular weight excluding hydrogens is 552 g/mol. The summed E-state index contributed by atoms with van der Waals surface area (Å²) in [5.74, 6) is -0.357. The minimum Gasteiger partial charge on any atom is -0.489 e. The second-order valence-corrected chi connectivity index (χ2v) is 11.7. The molecule has 0 saturated carbocycles. The van der Waals surface area contributed by atoms with Crippen molar-refractivity contribution in [3.05, 3.63) is 53.3 Å². The lowest BCUT2D eigenvalue weighted by atomic mass is 10.1. The van der Waals surface area contributed by atoms with Gasteiger partial charge in [-0.25, -0.2) is 13.8 Å². The van der Waals surface area contributed by atoms with Crippen LogP contribution in [0.15, 0.2) is 36.9 Å². The topological polar surface area (TPSA) is 69.2 Å². The minimum atomic E-state index is -0.761. The van der Waals surface area contributed by atoms with Crippen molar-refractivity contribution < 1.29 is 23.1 Å². The van der Waals surface area contributed by atoms with Crippen molar-refractivity contribution in [3.63, 3.8) is 0 Å². The fraction of sp³-hybridized carbons (Fsp3) is 0.500. The number of hydrogen-bond acceptors (Lipinski definition) is 6. The molecule has 41 heavy (non-hydrogen) atoms. The fourth-order valence-electron chi connectivity index (χ4n) is 6.61. The molecule has 0 N–H and O–H groups in total. The summed E-state index contributed by atoms with van der Waals surface area (Å²) in [6.07, 6.45) is 2.37. The zero-order chi connectivity index (χ0) is 28.8. The number of piperidine rings is 1. The van der Waals surface area contributed by atoms with Crippen LogP contribution in [0.4, 0.5) is 14.6 Å². The third-order valence-corrected chi connectivity index (χ3v) is 9.22. The van der Waals surface area contributed by atoms with Crippen LogP contribution in [0.2, 0.25) is 5.02 Å². The maximum absolute atomic E-state index is 15.0. The Balaban J connectivity index is 1.42. The Kier molecular flexibility index (Phi) is 7.63. The quantitative estimate of drug-likeness (QED) is 0.502. The van der Waals surface area contributed by atoms with Crippen LogP contribution in [0, 0.1) is 5.82 Å². The van der Waals surface area contributed by atoms with E-state index in [2.05, 4.69) is 23.3 Å². The lowest BCUT2D eigenvalue weighted by molar-refractivity contribution is -0.128. The number of likely N-dealkylation sites (tertiary alicyclic amines) is 1. The van der Waals surface area contributed by atoms with E-state index in [0.717, 1.165) is 6.42 Å². The number of anilines is 1. The normalized spacial score (nSPS) is 25.4. The number of nitrogens with zero attached hydrogens (tertiary/aromatic N) is 5. The van der Waals surface area contributed by atoms with Crippen molar-refractivity contribution in [2.24, 2.45) is 0 Å². The average molecular weight is 586 g/mol. The van der Waals surface area contributed by atoms with Gasteiger partial charge in [0.2, 0.25) is 5.91 Å². The maximum Gasteiger partial charge on any atom is 0.261 e. The number of benzene rings is 1. The van der Waals surface area contributed by atoms with Gasteiger partial charge in [-0.1, -0.05) is 30.3 Å². The highest BCUT2D eigenvalue weighted by Crippen LogP contribution is 2.45. The first-order valence-corrected chi connectivity index (χ1v) is 14.6. The van der Waals surface area contributed by atoms with Crippen molar-refractivity contribution in [2.45, 2.75) is 50.5 Å². The molecule has 1 aromatic carbocycles. The Bertz CT molecular complexity index is 1370. The smallest absolute Gasteiger partial charge is 0.261 e. The van der Waals surface area contributed by atoms with Gasteiger partial charge in [0.25, 0.3) is 5.91 Å². The predicted molar refractivity (Wildman–Crippen MR) is 153 cm³/mol. The molecule has 5 heterocycles. The molecule has 4 aliphatic rings. The molecule has 0 aliphatic carbocycles. The maximum atomic E-state index is 15.0. The number of rotatable bonds is 4. The molecule has 3 saturated heterocycles. The van der Waals surface area contributed by atoms with Gasteiger partial charge in [0, 0.05) is 56.9 Å².